The molecule has 0 unspecified atom stereocenters. The molecule has 1 fully saturated rings. The molecule has 0 saturated heterocycles. The van der Waals surface area contributed by atoms with Crippen molar-refractivity contribution < 1.29 is 14.6 Å². The van der Waals surface area contributed by atoms with Gasteiger partial charge in [0.05, 0.1) is 11.3 Å². The Bertz CT molecular complexity index is 1020. The summed E-state index contributed by atoms with van der Waals surface area (Å²) in [6.45, 7) is 0. The van der Waals surface area contributed by atoms with E-state index >= 15 is 0 Å². The molecule has 3 aromatic carbocycles. The lowest BCUT2D eigenvalue weighted by Crippen LogP contribution is -2.29. The first-order valence-electron chi connectivity index (χ1n) is 10.2. The summed E-state index contributed by atoms with van der Waals surface area (Å²) in [5.74, 6) is 0.391. The van der Waals surface area contributed by atoms with E-state index < -0.39 is 5.91 Å². The summed E-state index contributed by atoms with van der Waals surface area (Å²) < 4.78 is 6.44. The van der Waals surface area contributed by atoms with Crippen molar-refractivity contribution in [3.63, 3.8) is 0 Å². The zero-order valence-electron chi connectivity index (χ0n) is 16.6. The van der Waals surface area contributed by atoms with Crippen LogP contribution in [-0.2, 0) is 0 Å². The van der Waals surface area contributed by atoms with Gasteiger partial charge < -0.3 is 15.2 Å². The van der Waals surface area contributed by atoms with Gasteiger partial charge in [0.1, 0.15) is 17.6 Å². The fraction of sp³-hybridized carbons (Fsp3) is 0.240. The SMILES string of the molecule is O=C(Nc1ccccc1O[C@H]1CCCC[C@@H]1c1ccccc1)c1cc(Cl)ccc1O. The number of para-hydroxylation sites is 2. The molecule has 1 amide bonds. The van der Waals surface area contributed by atoms with E-state index in [-0.39, 0.29) is 17.4 Å². The average molecular weight is 422 g/mol. The van der Waals surface area contributed by atoms with Gasteiger partial charge in [-0.25, -0.2) is 0 Å². The molecule has 0 spiro atoms. The van der Waals surface area contributed by atoms with Crippen LogP contribution in [0.4, 0.5) is 5.69 Å². The normalized spacial score (nSPS) is 18.6. The first-order valence-corrected chi connectivity index (χ1v) is 10.6. The second-order valence-electron chi connectivity index (χ2n) is 7.57. The number of carbonyl (C=O) groups is 1. The number of nitrogens with one attached hydrogen (secondary N) is 1. The standard InChI is InChI=1S/C25H24ClNO3/c26-18-14-15-22(28)20(16-18)25(29)27-21-11-5-7-13-24(21)30-23-12-6-4-10-19(23)17-8-2-1-3-9-17/h1-3,5,7-9,11,13-16,19,23,28H,4,6,10,12H2,(H,27,29)/t19-,23+/m1/s1. The van der Waals surface area contributed by atoms with Crippen LogP contribution in [0.1, 0.15) is 47.5 Å². The Labute approximate surface area is 181 Å². The van der Waals surface area contributed by atoms with Gasteiger partial charge in [-0.2, -0.15) is 0 Å². The Hall–Kier alpha value is -2.98. The molecule has 30 heavy (non-hydrogen) atoms. The minimum Gasteiger partial charge on any atom is -0.507 e. The summed E-state index contributed by atoms with van der Waals surface area (Å²) in [5.41, 5.74) is 1.98. The zero-order chi connectivity index (χ0) is 20.9. The maximum absolute atomic E-state index is 12.7. The number of carbonyl (C=O) groups excluding carboxylic acids is 1. The Morgan fingerprint density at radius 3 is 2.53 bits per heavy atom. The van der Waals surface area contributed by atoms with E-state index in [1.165, 1.54) is 30.2 Å². The molecule has 1 saturated carbocycles. The summed E-state index contributed by atoms with van der Waals surface area (Å²) in [5, 5.41) is 13.3. The maximum Gasteiger partial charge on any atom is 0.259 e. The van der Waals surface area contributed by atoms with Crippen LogP contribution in [0.3, 0.4) is 0 Å². The number of aromatic hydroxyl groups is 1. The fourth-order valence-electron chi connectivity index (χ4n) is 4.03. The molecule has 154 valence electrons. The lowest BCUT2D eigenvalue weighted by atomic mass is 9.81. The number of hydrogen-bond acceptors (Lipinski definition) is 3. The minimum atomic E-state index is -0.436. The lowest BCUT2D eigenvalue weighted by molar-refractivity contribution is 0.102. The molecule has 2 N–H and O–H groups in total. The van der Waals surface area contributed by atoms with E-state index in [2.05, 4.69) is 29.6 Å². The Morgan fingerprint density at radius 1 is 0.967 bits per heavy atom. The predicted octanol–water partition coefficient (Wildman–Crippen LogP) is 6.40. The predicted molar refractivity (Wildman–Crippen MR) is 120 cm³/mol. The molecule has 2 atom stereocenters. The number of amides is 1. The molecule has 0 heterocycles. The number of phenols is 1. The van der Waals surface area contributed by atoms with Crippen molar-refractivity contribution in [1.29, 1.82) is 0 Å². The number of rotatable bonds is 5. The minimum absolute atomic E-state index is 0.0405. The topological polar surface area (TPSA) is 58.6 Å². The van der Waals surface area contributed by atoms with Crippen LogP contribution in [0.15, 0.2) is 72.8 Å². The van der Waals surface area contributed by atoms with Crippen LogP contribution in [0.25, 0.3) is 0 Å². The molecule has 4 nitrogen and oxygen atoms in total. The van der Waals surface area contributed by atoms with Crippen LogP contribution >= 0.6 is 11.6 Å². The highest BCUT2D eigenvalue weighted by atomic mass is 35.5. The molecule has 3 aromatic rings. The molecule has 0 bridgehead atoms. The average Bonchev–Trinajstić information content (AvgIpc) is 2.77. The van der Waals surface area contributed by atoms with Gasteiger partial charge in [0.25, 0.3) is 5.91 Å². The van der Waals surface area contributed by atoms with E-state index in [1.807, 2.05) is 24.3 Å². The van der Waals surface area contributed by atoms with Crippen LogP contribution in [0.5, 0.6) is 11.5 Å². The third-order valence-corrected chi connectivity index (χ3v) is 5.78. The highest BCUT2D eigenvalue weighted by Crippen LogP contribution is 2.37. The molecule has 0 aliphatic heterocycles. The highest BCUT2D eigenvalue weighted by Gasteiger charge is 2.29. The van der Waals surface area contributed by atoms with Crippen LogP contribution < -0.4 is 10.1 Å². The van der Waals surface area contributed by atoms with E-state index in [1.54, 1.807) is 6.07 Å². The molecular weight excluding hydrogens is 398 g/mol. The van der Waals surface area contributed by atoms with Crippen molar-refractivity contribution in [2.45, 2.75) is 37.7 Å². The second kappa shape index (κ2) is 9.23. The maximum atomic E-state index is 12.7. The number of halogens is 1. The molecule has 4 rings (SSSR count). The smallest absolute Gasteiger partial charge is 0.259 e. The molecular formula is C25H24ClNO3. The van der Waals surface area contributed by atoms with Gasteiger partial charge in [-0.3, -0.25) is 4.79 Å². The van der Waals surface area contributed by atoms with E-state index in [0.29, 0.717) is 22.4 Å². The largest absolute Gasteiger partial charge is 0.507 e. The molecule has 1 aliphatic carbocycles. The van der Waals surface area contributed by atoms with Crippen LogP contribution in [0.2, 0.25) is 5.02 Å². The van der Waals surface area contributed by atoms with Crippen molar-refractivity contribution in [1.82, 2.24) is 0 Å². The number of anilines is 1. The second-order valence-corrected chi connectivity index (χ2v) is 8.01. The van der Waals surface area contributed by atoms with Gasteiger partial charge in [0, 0.05) is 10.9 Å². The summed E-state index contributed by atoms with van der Waals surface area (Å²) in [7, 11) is 0. The van der Waals surface area contributed by atoms with Crippen LogP contribution in [-0.4, -0.2) is 17.1 Å². The van der Waals surface area contributed by atoms with Gasteiger partial charge in [-0.15, -0.1) is 0 Å². The first kappa shape index (κ1) is 20.3. The Kier molecular flexibility index (Phi) is 6.24. The van der Waals surface area contributed by atoms with Crippen molar-refractivity contribution in [3.8, 4) is 11.5 Å². The summed E-state index contributed by atoms with van der Waals surface area (Å²) in [4.78, 5) is 12.7. The Morgan fingerprint density at radius 2 is 1.70 bits per heavy atom. The van der Waals surface area contributed by atoms with Crippen molar-refractivity contribution >= 4 is 23.2 Å². The third kappa shape index (κ3) is 4.60. The number of phenolic OH excluding ortho intramolecular Hbond substituents is 1. The van der Waals surface area contributed by atoms with Crippen molar-refractivity contribution in [2.24, 2.45) is 0 Å². The van der Waals surface area contributed by atoms with E-state index in [9.17, 15) is 9.90 Å². The van der Waals surface area contributed by atoms with Crippen molar-refractivity contribution in [2.75, 3.05) is 5.32 Å². The summed E-state index contributed by atoms with van der Waals surface area (Å²) >= 11 is 5.98. The fourth-order valence-corrected chi connectivity index (χ4v) is 4.21. The van der Waals surface area contributed by atoms with Gasteiger partial charge in [-0.1, -0.05) is 60.5 Å². The summed E-state index contributed by atoms with van der Waals surface area (Å²) in [6.07, 6.45) is 4.40. The molecule has 0 radical (unpaired) electrons. The quantitative estimate of drug-likeness (QED) is 0.500. The molecule has 0 aromatic heterocycles. The van der Waals surface area contributed by atoms with Crippen molar-refractivity contribution in [3.05, 3.63) is 88.9 Å². The zero-order valence-corrected chi connectivity index (χ0v) is 17.3. The third-order valence-electron chi connectivity index (χ3n) is 5.55. The highest BCUT2D eigenvalue weighted by molar-refractivity contribution is 6.31. The molecule has 1 aliphatic rings. The van der Waals surface area contributed by atoms with Crippen LogP contribution in [0, 0.1) is 0 Å². The van der Waals surface area contributed by atoms with Gasteiger partial charge in [-0.05, 0) is 55.2 Å². The van der Waals surface area contributed by atoms with Gasteiger partial charge in [0.15, 0.2) is 0 Å². The lowest BCUT2D eigenvalue weighted by Gasteiger charge is -2.33. The number of hydrogen-bond donors (Lipinski definition) is 2. The molecule has 5 heteroatoms. The van der Waals surface area contributed by atoms with Gasteiger partial charge >= 0.3 is 0 Å². The number of ether oxygens (including phenoxy) is 1. The Balaban J connectivity index is 1.55. The first-order chi connectivity index (χ1) is 14.6. The summed E-state index contributed by atoms with van der Waals surface area (Å²) in [6, 6.07) is 22.3. The number of benzene rings is 3. The van der Waals surface area contributed by atoms with E-state index in [0.717, 1.165) is 19.3 Å². The van der Waals surface area contributed by atoms with E-state index in [4.69, 9.17) is 16.3 Å². The van der Waals surface area contributed by atoms with Gasteiger partial charge in [0.2, 0.25) is 0 Å². The monoisotopic (exact) mass is 421 g/mol.